The SMILES string of the molecule is c1ccc(S[C@@]23CCC[C@@]45CCC[C@@H]4OCN(CC2)[C@H]35)cc1. The van der Waals surface area contributed by atoms with Crippen LogP contribution in [0.4, 0.5) is 0 Å². The topological polar surface area (TPSA) is 12.5 Å². The highest BCUT2D eigenvalue weighted by Gasteiger charge is 2.65. The van der Waals surface area contributed by atoms with Gasteiger partial charge < -0.3 is 4.74 Å². The third-order valence-corrected chi connectivity index (χ3v) is 8.27. The van der Waals surface area contributed by atoms with Gasteiger partial charge in [-0.2, -0.15) is 0 Å². The Labute approximate surface area is 137 Å². The number of benzene rings is 1. The van der Waals surface area contributed by atoms with Gasteiger partial charge in [0.05, 0.1) is 12.8 Å². The number of hydrogen-bond donors (Lipinski definition) is 0. The second kappa shape index (κ2) is 4.99. The lowest BCUT2D eigenvalue weighted by Crippen LogP contribution is -2.63. The van der Waals surface area contributed by atoms with Crippen molar-refractivity contribution in [3.8, 4) is 0 Å². The lowest BCUT2D eigenvalue weighted by atomic mass is 9.63. The second-order valence-electron chi connectivity index (χ2n) is 7.71. The first-order valence-electron chi connectivity index (χ1n) is 8.92. The van der Waals surface area contributed by atoms with Gasteiger partial charge in [0.1, 0.15) is 0 Å². The molecule has 2 heterocycles. The van der Waals surface area contributed by atoms with E-state index in [9.17, 15) is 0 Å². The van der Waals surface area contributed by atoms with Crippen LogP contribution >= 0.6 is 11.8 Å². The van der Waals surface area contributed by atoms with Crippen molar-refractivity contribution in [3.05, 3.63) is 30.3 Å². The highest BCUT2D eigenvalue weighted by atomic mass is 32.2. The molecule has 1 aromatic rings. The van der Waals surface area contributed by atoms with Gasteiger partial charge in [0.15, 0.2) is 0 Å². The molecule has 118 valence electrons. The Balaban J connectivity index is 1.55. The molecule has 0 aromatic heterocycles. The van der Waals surface area contributed by atoms with Crippen LogP contribution in [0.5, 0.6) is 0 Å². The molecule has 0 radical (unpaired) electrons. The van der Waals surface area contributed by atoms with E-state index >= 15 is 0 Å². The van der Waals surface area contributed by atoms with Crippen molar-refractivity contribution >= 4 is 11.8 Å². The van der Waals surface area contributed by atoms with E-state index in [0.717, 1.165) is 12.8 Å². The number of rotatable bonds is 2. The van der Waals surface area contributed by atoms with E-state index in [2.05, 4.69) is 47.0 Å². The Morgan fingerprint density at radius 3 is 2.82 bits per heavy atom. The fourth-order valence-electron chi connectivity index (χ4n) is 6.05. The molecule has 0 bridgehead atoms. The van der Waals surface area contributed by atoms with Gasteiger partial charge >= 0.3 is 0 Å². The molecule has 2 saturated carbocycles. The Morgan fingerprint density at radius 2 is 1.91 bits per heavy atom. The van der Waals surface area contributed by atoms with Crippen LogP contribution in [-0.2, 0) is 4.74 Å². The smallest absolute Gasteiger partial charge is 0.0997 e. The molecular formula is C19H25NOS. The molecule has 0 N–H and O–H groups in total. The summed E-state index contributed by atoms with van der Waals surface area (Å²) >= 11 is 2.19. The number of nitrogens with zero attached hydrogens (tertiary/aromatic N) is 1. The van der Waals surface area contributed by atoms with Gasteiger partial charge in [-0.05, 0) is 44.2 Å². The van der Waals surface area contributed by atoms with Crippen LogP contribution in [0.15, 0.2) is 35.2 Å². The van der Waals surface area contributed by atoms with E-state index in [1.54, 1.807) is 0 Å². The summed E-state index contributed by atoms with van der Waals surface area (Å²) in [6.45, 7) is 2.12. The van der Waals surface area contributed by atoms with Crippen molar-refractivity contribution in [2.45, 2.75) is 66.7 Å². The largest absolute Gasteiger partial charge is 0.362 e. The molecule has 1 spiro atoms. The molecule has 1 aromatic carbocycles. The molecule has 2 saturated heterocycles. The molecule has 0 amide bonds. The van der Waals surface area contributed by atoms with Crippen molar-refractivity contribution < 1.29 is 4.74 Å². The first kappa shape index (κ1) is 13.9. The molecule has 22 heavy (non-hydrogen) atoms. The Hall–Kier alpha value is -0.510. The number of thioether (sulfide) groups is 1. The van der Waals surface area contributed by atoms with Gasteiger partial charge in [-0.25, -0.2) is 0 Å². The maximum Gasteiger partial charge on any atom is 0.0997 e. The average molecular weight is 315 g/mol. The monoisotopic (exact) mass is 315 g/mol. The lowest BCUT2D eigenvalue weighted by molar-refractivity contribution is -0.171. The summed E-state index contributed by atoms with van der Waals surface area (Å²) in [5.74, 6) is 0. The van der Waals surface area contributed by atoms with Crippen LogP contribution in [0.2, 0.25) is 0 Å². The lowest BCUT2D eigenvalue weighted by Gasteiger charge is -2.57. The zero-order valence-corrected chi connectivity index (χ0v) is 14.0. The molecular weight excluding hydrogens is 290 g/mol. The van der Waals surface area contributed by atoms with Crippen LogP contribution in [0.1, 0.15) is 44.9 Å². The van der Waals surface area contributed by atoms with Gasteiger partial charge in [-0.1, -0.05) is 31.0 Å². The fourth-order valence-corrected chi connectivity index (χ4v) is 7.75. The first-order valence-corrected chi connectivity index (χ1v) is 9.74. The van der Waals surface area contributed by atoms with Crippen molar-refractivity contribution in [1.82, 2.24) is 4.90 Å². The van der Waals surface area contributed by atoms with Gasteiger partial charge in [0.2, 0.25) is 0 Å². The third kappa shape index (κ3) is 1.82. The van der Waals surface area contributed by atoms with E-state index in [1.165, 1.54) is 56.4 Å². The minimum atomic E-state index is 0.436. The van der Waals surface area contributed by atoms with Crippen molar-refractivity contribution in [2.24, 2.45) is 5.41 Å². The minimum absolute atomic E-state index is 0.436. The maximum absolute atomic E-state index is 6.30. The highest BCUT2D eigenvalue weighted by Crippen LogP contribution is 2.64. The van der Waals surface area contributed by atoms with Crippen LogP contribution in [0, 0.1) is 5.41 Å². The summed E-state index contributed by atoms with van der Waals surface area (Å²) in [5, 5.41) is 0. The summed E-state index contributed by atoms with van der Waals surface area (Å²) in [4.78, 5) is 4.15. The molecule has 4 aliphatic rings. The second-order valence-corrected chi connectivity index (χ2v) is 9.20. The van der Waals surface area contributed by atoms with Crippen molar-refractivity contribution in [1.29, 1.82) is 0 Å². The molecule has 2 aliphatic carbocycles. The molecule has 5 rings (SSSR count). The molecule has 3 heteroatoms. The van der Waals surface area contributed by atoms with E-state index in [1.807, 2.05) is 0 Å². The Kier molecular flexibility index (Phi) is 3.15. The van der Waals surface area contributed by atoms with Crippen LogP contribution in [0.25, 0.3) is 0 Å². The summed E-state index contributed by atoms with van der Waals surface area (Å²) < 4.78 is 6.74. The van der Waals surface area contributed by atoms with E-state index in [4.69, 9.17) is 4.74 Å². The quantitative estimate of drug-likeness (QED) is 0.807. The maximum atomic E-state index is 6.30. The van der Waals surface area contributed by atoms with Crippen LogP contribution in [0.3, 0.4) is 0 Å². The average Bonchev–Trinajstić information content (AvgIpc) is 3.12. The van der Waals surface area contributed by atoms with E-state index in [0.29, 0.717) is 16.3 Å². The summed E-state index contributed by atoms with van der Waals surface area (Å²) in [5.41, 5.74) is 0.467. The van der Waals surface area contributed by atoms with Gasteiger partial charge in [0, 0.05) is 27.6 Å². The number of hydrogen-bond acceptors (Lipinski definition) is 3. The molecule has 2 nitrogen and oxygen atoms in total. The van der Waals surface area contributed by atoms with Gasteiger partial charge in [0.25, 0.3) is 0 Å². The highest BCUT2D eigenvalue weighted by molar-refractivity contribution is 8.00. The molecule has 4 atom stereocenters. The zero-order chi connectivity index (χ0) is 14.6. The predicted molar refractivity (Wildman–Crippen MR) is 90.0 cm³/mol. The standard InChI is InChI=1S/C19H25NOS/c1-2-6-15(7-3-1)22-19-11-5-10-18-9-4-8-16(18)21-14-20(13-12-19)17(18)19/h1-3,6-7,16-17H,4-5,8-14H2/t16-,17-,18-,19-/m0/s1. The molecule has 4 fully saturated rings. The predicted octanol–water partition coefficient (Wildman–Crippen LogP) is 4.30. The number of ether oxygens (including phenoxy) is 1. The van der Waals surface area contributed by atoms with Crippen LogP contribution in [-0.4, -0.2) is 35.1 Å². The Bertz CT molecular complexity index is 564. The normalized spacial score (nSPS) is 43.8. The molecule has 2 aliphatic heterocycles. The molecule has 0 unspecified atom stereocenters. The van der Waals surface area contributed by atoms with Crippen molar-refractivity contribution in [2.75, 3.05) is 13.3 Å². The third-order valence-electron chi connectivity index (χ3n) is 6.73. The van der Waals surface area contributed by atoms with E-state index in [-0.39, 0.29) is 0 Å². The van der Waals surface area contributed by atoms with Gasteiger partial charge in [-0.3, -0.25) is 4.90 Å². The van der Waals surface area contributed by atoms with Crippen LogP contribution < -0.4 is 0 Å². The van der Waals surface area contributed by atoms with Gasteiger partial charge in [-0.15, -0.1) is 11.8 Å². The summed E-state index contributed by atoms with van der Waals surface area (Å²) in [6.07, 6.45) is 10.1. The Morgan fingerprint density at radius 1 is 1.05 bits per heavy atom. The van der Waals surface area contributed by atoms with Crippen molar-refractivity contribution in [3.63, 3.8) is 0 Å². The minimum Gasteiger partial charge on any atom is -0.362 e. The zero-order valence-electron chi connectivity index (χ0n) is 13.2. The fraction of sp³-hybridized carbons (Fsp3) is 0.684. The summed E-state index contributed by atoms with van der Waals surface area (Å²) in [6, 6.07) is 11.9. The summed E-state index contributed by atoms with van der Waals surface area (Å²) in [7, 11) is 0. The first-order chi connectivity index (χ1) is 10.8. The van der Waals surface area contributed by atoms with E-state index < -0.39 is 0 Å².